The molecule has 2 amide bonds. The van der Waals surface area contributed by atoms with Crippen LogP contribution in [0.3, 0.4) is 0 Å². The fraction of sp³-hybridized carbons (Fsp3) is 0.846. The molecule has 1 saturated heterocycles. The SMILES string of the molecule is CC(CNC(=O)N1CCS(=O)(=O)CC1CC(=O)O)C1CC1. The van der Waals surface area contributed by atoms with Gasteiger partial charge in [-0.15, -0.1) is 0 Å². The molecule has 0 aromatic heterocycles. The van der Waals surface area contributed by atoms with E-state index in [1.54, 1.807) is 0 Å². The van der Waals surface area contributed by atoms with Crippen LogP contribution < -0.4 is 5.32 Å². The molecule has 2 unspecified atom stereocenters. The second-order valence-corrected chi connectivity index (χ2v) is 8.29. The van der Waals surface area contributed by atoms with E-state index in [1.807, 2.05) is 0 Å². The summed E-state index contributed by atoms with van der Waals surface area (Å²) in [6.45, 7) is 2.68. The normalized spacial score (nSPS) is 26.1. The zero-order valence-corrected chi connectivity index (χ0v) is 12.9. The van der Waals surface area contributed by atoms with Gasteiger partial charge in [-0.05, 0) is 24.7 Å². The fourth-order valence-corrected chi connectivity index (χ4v) is 4.23. The minimum Gasteiger partial charge on any atom is -0.481 e. The van der Waals surface area contributed by atoms with Crippen LogP contribution in [0.4, 0.5) is 4.79 Å². The van der Waals surface area contributed by atoms with Crippen LogP contribution >= 0.6 is 0 Å². The van der Waals surface area contributed by atoms with Gasteiger partial charge in [-0.25, -0.2) is 13.2 Å². The number of rotatable bonds is 5. The molecule has 2 N–H and O–H groups in total. The number of nitrogens with one attached hydrogen (secondary N) is 1. The number of carboxylic acids is 1. The second kappa shape index (κ2) is 6.21. The molecule has 7 nitrogen and oxygen atoms in total. The van der Waals surface area contributed by atoms with Crippen LogP contribution in [0, 0.1) is 11.8 Å². The summed E-state index contributed by atoms with van der Waals surface area (Å²) in [6, 6.07) is -1.14. The summed E-state index contributed by atoms with van der Waals surface area (Å²) in [5, 5.41) is 11.7. The van der Waals surface area contributed by atoms with Gasteiger partial charge in [0.05, 0.1) is 24.0 Å². The highest BCUT2D eigenvalue weighted by molar-refractivity contribution is 7.91. The third-order valence-corrected chi connectivity index (χ3v) is 5.90. The van der Waals surface area contributed by atoms with E-state index in [2.05, 4.69) is 12.2 Å². The summed E-state index contributed by atoms with van der Waals surface area (Å²) in [7, 11) is -3.26. The number of hydrogen-bond acceptors (Lipinski definition) is 4. The molecule has 8 heteroatoms. The Morgan fingerprint density at radius 1 is 1.38 bits per heavy atom. The number of urea groups is 1. The van der Waals surface area contributed by atoms with E-state index < -0.39 is 21.8 Å². The van der Waals surface area contributed by atoms with E-state index >= 15 is 0 Å². The van der Waals surface area contributed by atoms with Crippen molar-refractivity contribution >= 4 is 21.8 Å². The Morgan fingerprint density at radius 2 is 2.05 bits per heavy atom. The molecule has 0 aromatic carbocycles. The number of carbonyl (C=O) groups is 2. The van der Waals surface area contributed by atoms with Crippen molar-refractivity contribution in [2.75, 3.05) is 24.6 Å². The monoisotopic (exact) mass is 318 g/mol. The molecule has 1 aliphatic heterocycles. The number of hydrogen-bond donors (Lipinski definition) is 2. The van der Waals surface area contributed by atoms with Crippen molar-refractivity contribution in [2.24, 2.45) is 11.8 Å². The van der Waals surface area contributed by atoms with Crippen molar-refractivity contribution < 1.29 is 23.1 Å². The Balaban J connectivity index is 1.94. The first kappa shape index (κ1) is 16.1. The van der Waals surface area contributed by atoms with Crippen LogP contribution in [-0.2, 0) is 14.6 Å². The van der Waals surface area contributed by atoms with Gasteiger partial charge >= 0.3 is 12.0 Å². The van der Waals surface area contributed by atoms with Crippen molar-refractivity contribution in [1.29, 1.82) is 0 Å². The van der Waals surface area contributed by atoms with Gasteiger partial charge in [-0.1, -0.05) is 6.92 Å². The van der Waals surface area contributed by atoms with E-state index in [4.69, 9.17) is 5.11 Å². The molecule has 0 radical (unpaired) electrons. The van der Waals surface area contributed by atoms with Gasteiger partial charge in [0.2, 0.25) is 0 Å². The van der Waals surface area contributed by atoms with Gasteiger partial charge in [-0.3, -0.25) is 4.79 Å². The summed E-state index contributed by atoms with van der Waals surface area (Å²) >= 11 is 0. The van der Waals surface area contributed by atoms with Crippen LogP contribution in [0.15, 0.2) is 0 Å². The molecule has 0 spiro atoms. The number of carbonyl (C=O) groups excluding carboxylic acids is 1. The molecule has 2 fully saturated rings. The summed E-state index contributed by atoms with van der Waals surface area (Å²) in [5.74, 6) is -0.400. The van der Waals surface area contributed by atoms with Gasteiger partial charge < -0.3 is 15.3 Å². The average molecular weight is 318 g/mol. The molecule has 0 aromatic rings. The quantitative estimate of drug-likeness (QED) is 0.759. The number of carboxylic acid groups (broad SMARTS) is 1. The molecule has 1 saturated carbocycles. The highest BCUT2D eigenvalue weighted by atomic mass is 32.2. The molecule has 2 atom stereocenters. The van der Waals surface area contributed by atoms with E-state index in [0.29, 0.717) is 18.4 Å². The van der Waals surface area contributed by atoms with E-state index in [1.165, 1.54) is 17.7 Å². The van der Waals surface area contributed by atoms with Crippen LogP contribution in [-0.4, -0.2) is 61.1 Å². The average Bonchev–Trinajstić information content (AvgIpc) is 3.18. The number of sulfone groups is 1. The second-order valence-electron chi connectivity index (χ2n) is 6.06. The Bertz CT molecular complexity index is 515. The van der Waals surface area contributed by atoms with Crippen molar-refractivity contribution in [3.05, 3.63) is 0 Å². The number of nitrogens with zero attached hydrogens (tertiary/aromatic N) is 1. The lowest BCUT2D eigenvalue weighted by molar-refractivity contribution is -0.138. The van der Waals surface area contributed by atoms with Crippen molar-refractivity contribution in [3.63, 3.8) is 0 Å². The first-order valence-electron chi connectivity index (χ1n) is 7.25. The molecule has 21 heavy (non-hydrogen) atoms. The summed E-state index contributed by atoms with van der Waals surface area (Å²) in [6.07, 6.45) is 2.05. The Hall–Kier alpha value is -1.31. The molecule has 1 aliphatic carbocycles. The van der Waals surface area contributed by atoms with Gasteiger partial charge in [-0.2, -0.15) is 0 Å². The lowest BCUT2D eigenvalue weighted by Gasteiger charge is -2.34. The lowest BCUT2D eigenvalue weighted by Crippen LogP contribution is -2.55. The first-order valence-corrected chi connectivity index (χ1v) is 9.07. The predicted molar refractivity (Wildman–Crippen MR) is 76.7 cm³/mol. The van der Waals surface area contributed by atoms with Crippen molar-refractivity contribution in [1.82, 2.24) is 10.2 Å². The molecule has 2 rings (SSSR count). The third kappa shape index (κ3) is 4.59. The summed E-state index contributed by atoms with van der Waals surface area (Å²) in [4.78, 5) is 24.4. The fourth-order valence-electron chi connectivity index (χ4n) is 2.71. The van der Waals surface area contributed by atoms with E-state index in [-0.39, 0.29) is 30.5 Å². The van der Waals surface area contributed by atoms with E-state index in [9.17, 15) is 18.0 Å². The zero-order valence-electron chi connectivity index (χ0n) is 12.1. The minimum atomic E-state index is -3.26. The van der Waals surface area contributed by atoms with E-state index in [0.717, 1.165) is 0 Å². The van der Waals surface area contributed by atoms with Crippen molar-refractivity contribution in [2.45, 2.75) is 32.2 Å². The Morgan fingerprint density at radius 3 is 2.62 bits per heavy atom. The van der Waals surface area contributed by atoms with Crippen LogP contribution in [0.5, 0.6) is 0 Å². The maximum Gasteiger partial charge on any atom is 0.317 e. The predicted octanol–water partition coefficient (Wildman–Crippen LogP) is 0.316. The number of aliphatic carboxylic acids is 1. The maximum atomic E-state index is 12.2. The Labute approximate surface area is 124 Å². The lowest BCUT2D eigenvalue weighted by atomic mass is 10.1. The first-order chi connectivity index (χ1) is 9.78. The topological polar surface area (TPSA) is 104 Å². The highest BCUT2D eigenvalue weighted by Crippen LogP contribution is 2.36. The molecule has 2 aliphatic rings. The van der Waals surface area contributed by atoms with Crippen molar-refractivity contribution in [3.8, 4) is 0 Å². The standard InChI is InChI=1S/C13H22N2O5S/c1-9(10-2-3-10)7-14-13(18)15-4-5-21(19,20)8-11(15)6-12(16)17/h9-11H,2-8H2,1H3,(H,14,18)(H,16,17). The zero-order chi connectivity index (χ0) is 15.6. The van der Waals surface area contributed by atoms with Gasteiger partial charge in [0, 0.05) is 13.1 Å². The minimum absolute atomic E-state index is 0.0594. The molecular weight excluding hydrogens is 296 g/mol. The number of amides is 2. The van der Waals surface area contributed by atoms with Gasteiger partial charge in [0.15, 0.2) is 9.84 Å². The molecule has 0 bridgehead atoms. The molecule has 120 valence electrons. The summed E-state index contributed by atoms with van der Waals surface area (Å²) in [5.41, 5.74) is 0. The Kier molecular flexibility index (Phi) is 4.75. The smallest absolute Gasteiger partial charge is 0.317 e. The molecular formula is C13H22N2O5S. The largest absolute Gasteiger partial charge is 0.481 e. The summed E-state index contributed by atoms with van der Waals surface area (Å²) < 4.78 is 23.2. The third-order valence-electron chi connectivity index (χ3n) is 4.20. The maximum absolute atomic E-state index is 12.2. The van der Waals surface area contributed by atoms with Crippen LogP contribution in [0.1, 0.15) is 26.2 Å². The van der Waals surface area contributed by atoms with Crippen LogP contribution in [0.25, 0.3) is 0 Å². The highest BCUT2D eigenvalue weighted by Gasteiger charge is 2.36. The van der Waals surface area contributed by atoms with Gasteiger partial charge in [0.25, 0.3) is 0 Å². The van der Waals surface area contributed by atoms with Crippen LogP contribution in [0.2, 0.25) is 0 Å². The van der Waals surface area contributed by atoms with Gasteiger partial charge in [0.1, 0.15) is 0 Å². The molecule has 1 heterocycles.